The van der Waals surface area contributed by atoms with Gasteiger partial charge in [-0.25, -0.2) is 0 Å². The van der Waals surface area contributed by atoms with Gasteiger partial charge in [0.15, 0.2) is 0 Å². The summed E-state index contributed by atoms with van der Waals surface area (Å²) in [7, 11) is 3.54. The van der Waals surface area contributed by atoms with Gasteiger partial charge in [-0.1, -0.05) is 6.92 Å². The maximum absolute atomic E-state index is 12.5. The molecule has 0 bridgehead atoms. The molecule has 106 valence electrons. The summed E-state index contributed by atoms with van der Waals surface area (Å²) in [6.45, 7) is 2.20. The Morgan fingerprint density at radius 1 is 1.58 bits per heavy atom. The number of thiophene rings is 1. The molecular formula is C14H21NO2S2. The Morgan fingerprint density at radius 3 is 3.05 bits per heavy atom. The van der Waals surface area contributed by atoms with Crippen LogP contribution in [0.2, 0.25) is 0 Å². The topological polar surface area (TPSA) is 29.5 Å². The van der Waals surface area contributed by atoms with Crippen LogP contribution in [0.1, 0.15) is 35.9 Å². The second-order valence-corrected chi connectivity index (χ2v) is 7.27. The Morgan fingerprint density at radius 2 is 2.37 bits per heavy atom. The van der Waals surface area contributed by atoms with Crippen LogP contribution in [0, 0.1) is 0 Å². The zero-order valence-electron chi connectivity index (χ0n) is 11.7. The maximum atomic E-state index is 12.5. The molecule has 2 atom stereocenters. The van der Waals surface area contributed by atoms with E-state index in [0.717, 1.165) is 28.7 Å². The van der Waals surface area contributed by atoms with E-state index in [9.17, 15) is 4.79 Å². The molecule has 5 heteroatoms. The summed E-state index contributed by atoms with van der Waals surface area (Å²) < 4.78 is 5.24. The van der Waals surface area contributed by atoms with Crippen molar-refractivity contribution in [1.29, 1.82) is 0 Å². The molecule has 1 fully saturated rings. The molecule has 1 aromatic heterocycles. The first-order valence-electron chi connectivity index (χ1n) is 6.67. The largest absolute Gasteiger partial charge is 0.495 e. The third-order valence-electron chi connectivity index (χ3n) is 3.67. The van der Waals surface area contributed by atoms with Gasteiger partial charge in [0.2, 0.25) is 0 Å². The number of amides is 1. The number of carbonyl (C=O) groups is 1. The van der Waals surface area contributed by atoms with Crippen LogP contribution < -0.4 is 4.74 Å². The number of methoxy groups -OCH3 is 1. The summed E-state index contributed by atoms with van der Waals surface area (Å²) in [4.78, 5) is 15.1. The number of hydrogen-bond donors (Lipinski definition) is 0. The predicted molar refractivity (Wildman–Crippen MR) is 82.5 cm³/mol. The lowest BCUT2D eigenvalue weighted by Crippen LogP contribution is -2.35. The number of hydrogen-bond acceptors (Lipinski definition) is 4. The third kappa shape index (κ3) is 3.26. The van der Waals surface area contributed by atoms with E-state index in [1.54, 1.807) is 7.11 Å². The van der Waals surface area contributed by atoms with Gasteiger partial charge in [0, 0.05) is 18.3 Å². The van der Waals surface area contributed by atoms with E-state index in [-0.39, 0.29) is 5.91 Å². The van der Waals surface area contributed by atoms with Crippen molar-refractivity contribution in [3.05, 3.63) is 16.3 Å². The van der Waals surface area contributed by atoms with E-state index in [0.29, 0.717) is 11.8 Å². The van der Waals surface area contributed by atoms with Gasteiger partial charge < -0.3 is 9.64 Å². The average molecular weight is 299 g/mol. The monoisotopic (exact) mass is 299 g/mol. The SMILES string of the molecule is CCS[C@@H]1CC[C@@H](N(C)C(=O)c2sccc2OC)C1. The summed E-state index contributed by atoms with van der Waals surface area (Å²) in [5.41, 5.74) is 0. The maximum Gasteiger partial charge on any atom is 0.267 e. The fourth-order valence-electron chi connectivity index (χ4n) is 2.60. The minimum Gasteiger partial charge on any atom is -0.495 e. The van der Waals surface area contributed by atoms with Gasteiger partial charge in [-0.05, 0) is 36.5 Å². The van der Waals surface area contributed by atoms with Gasteiger partial charge in [-0.3, -0.25) is 4.79 Å². The molecule has 0 aromatic carbocycles. The third-order valence-corrected chi connectivity index (χ3v) is 5.79. The first-order valence-corrected chi connectivity index (χ1v) is 8.60. The second kappa shape index (κ2) is 6.66. The molecule has 1 heterocycles. The van der Waals surface area contributed by atoms with E-state index in [4.69, 9.17) is 4.74 Å². The van der Waals surface area contributed by atoms with Gasteiger partial charge in [0.1, 0.15) is 10.6 Å². The first kappa shape index (κ1) is 14.7. The minimum absolute atomic E-state index is 0.0963. The van der Waals surface area contributed by atoms with E-state index in [2.05, 4.69) is 6.92 Å². The van der Waals surface area contributed by atoms with Gasteiger partial charge in [0.25, 0.3) is 5.91 Å². The Kier molecular flexibility index (Phi) is 5.16. The summed E-state index contributed by atoms with van der Waals surface area (Å²) >= 11 is 3.48. The highest BCUT2D eigenvalue weighted by molar-refractivity contribution is 7.99. The average Bonchev–Trinajstić information content (AvgIpc) is 3.05. The van der Waals surface area contributed by atoms with E-state index >= 15 is 0 Å². The molecule has 1 aliphatic rings. The molecule has 1 aromatic rings. The lowest BCUT2D eigenvalue weighted by atomic mass is 10.2. The molecule has 0 saturated heterocycles. The number of rotatable bonds is 5. The number of thioether (sulfide) groups is 1. The van der Waals surface area contributed by atoms with E-state index in [1.807, 2.05) is 35.2 Å². The number of carbonyl (C=O) groups excluding carboxylic acids is 1. The molecule has 1 aliphatic carbocycles. The summed E-state index contributed by atoms with van der Waals surface area (Å²) in [5, 5.41) is 2.63. The van der Waals surface area contributed by atoms with Gasteiger partial charge in [-0.2, -0.15) is 11.8 Å². The molecule has 2 rings (SSSR count). The Hall–Kier alpha value is -0.680. The quantitative estimate of drug-likeness (QED) is 0.833. The summed E-state index contributed by atoms with van der Waals surface area (Å²) in [6.07, 6.45) is 3.46. The fraction of sp³-hybridized carbons (Fsp3) is 0.643. The number of ether oxygens (including phenoxy) is 1. The van der Waals surface area contributed by atoms with Crippen molar-refractivity contribution in [2.75, 3.05) is 19.9 Å². The highest BCUT2D eigenvalue weighted by Gasteiger charge is 2.31. The van der Waals surface area contributed by atoms with Gasteiger partial charge >= 0.3 is 0 Å². The Bertz CT molecular complexity index is 433. The van der Waals surface area contributed by atoms with Crippen LogP contribution >= 0.6 is 23.1 Å². The zero-order chi connectivity index (χ0) is 13.8. The second-order valence-electron chi connectivity index (χ2n) is 4.78. The summed E-state index contributed by atoms with van der Waals surface area (Å²) in [5.74, 6) is 1.95. The molecule has 19 heavy (non-hydrogen) atoms. The standard InChI is InChI=1S/C14H21NO2S2/c1-4-18-11-6-5-10(9-11)15(2)14(16)13-12(17-3)7-8-19-13/h7-8,10-11H,4-6,9H2,1-3H3/t10-,11-/m1/s1. The molecule has 0 spiro atoms. The molecule has 0 aliphatic heterocycles. The molecule has 0 unspecified atom stereocenters. The first-order chi connectivity index (χ1) is 9.17. The fourth-order valence-corrected chi connectivity index (χ4v) is 4.57. The van der Waals surface area contributed by atoms with Crippen LogP contribution in [-0.4, -0.2) is 42.0 Å². The predicted octanol–water partition coefficient (Wildman–Crippen LogP) is 3.50. The smallest absolute Gasteiger partial charge is 0.267 e. The molecule has 3 nitrogen and oxygen atoms in total. The molecule has 0 N–H and O–H groups in total. The van der Waals surface area contributed by atoms with Crippen molar-refractivity contribution in [3.8, 4) is 5.75 Å². The van der Waals surface area contributed by atoms with Gasteiger partial charge in [0.05, 0.1) is 7.11 Å². The van der Waals surface area contributed by atoms with Crippen LogP contribution in [0.25, 0.3) is 0 Å². The van der Waals surface area contributed by atoms with Crippen molar-refractivity contribution in [2.24, 2.45) is 0 Å². The summed E-state index contributed by atoms with van der Waals surface area (Å²) in [6, 6.07) is 2.24. The van der Waals surface area contributed by atoms with Crippen LogP contribution in [0.5, 0.6) is 5.75 Å². The van der Waals surface area contributed by atoms with Crippen molar-refractivity contribution >= 4 is 29.0 Å². The van der Waals surface area contributed by atoms with Crippen molar-refractivity contribution in [3.63, 3.8) is 0 Å². The minimum atomic E-state index is 0.0963. The van der Waals surface area contributed by atoms with Crippen LogP contribution in [0.4, 0.5) is 0 Å². The Balaban J connectivity index is 2.00. The zero-order valence-corrected chi connectivity index (χ0v) is 13.4. The lowest BCUT2D eigenvalue weighted by Gasteiger charge is -2.24. The van der Waals surface area contributed by atoms with E-state index < -0.39 is 0 Å². The molecule has 0 radical (unpaired) electrons. The molecule has 1 amide bonds. The van der Waals surface area contributed by atoms with Crippen LogP contribution in [0.15, 0.2) is 11.4 Å². The lowest BCUT2D eigenvalue weighted by molar-refractivity contribution is 0.0737. The normalized spacial score (nSPS) is 22.5. The molecular weight excluding hydrogens is 278 g/mol. The highest BCUT2D eigenvalue weighted by Crippen LogP contribution is 2.34. The molecule has 1 saturated carbocycles. The van der Waals surface area contributed by atoms with Crippen molar-refractivity contribution in [2.45, 2.75) is 37.5 Å². The van der Waals surface area contributed by atoms with Gasteiger partial charge in [-0.15, -0.1) is 11.3 Å². The Labute approximate surface area is 123 Å². The van der Waals surface area contributed by atoms with Crippen LogP contribution in [0.3, 0.4) is 0 Å². The number of nitrogens with zero attached hydrogens (tertiary/aromatic N) is 1. The van der Waals surface area contributed by atoms with Crippen molar-refractivity contribution in [1.82, 2.24) is 4.90 Å². The highest BCUT2D eigenvalue weighted by atomic mass is 32.2. The van der Waals surface area contributed by atoms with Crippen LogP contribution in [-0.2, 0) is 0 Å². The van der Waals surface area contributed by atoms with Crippen molar-refractivity contribution < 1.29 is 9.53 Å². The van der Waals surface area contributed by atoms with E-state index in [1.165, 1.54) is 17.8 Å².